The third kappa shape index (κ3) is 4.82. The van der Waals surface area contributed by atoms with Gasteiger partial charge >= 0.3 is 0 Å². The predicted octanol–water partition coefficient (Wildman–Crippen LogP) is 3.59. The van der Waals surface area contributed by atoms with Crippen molar-refractivity contribution in [3.63, 3.8) is 0 Å². The first-order valence-corrected chi connectivity index (χ1v) is 9.46. The monoisotopic (exact) mass is 429 g/mol. The fourth-order valence-corrected chi connectivity index (χ4v) is 3.79. The number of carbonyl (C=O) groups excluding carboxylic acids is 1. The second-order valence-electron chi connectivity index (χ2n) is 7.11. The largest absolute Gasteiger partial charge is 0.326 e. The molecule has 4 rings (SSSR count). The molecule has 2 aromatic rings. The van der Waals surface area contributed by atoms with Crippen molar-refractivity contribution >= 4 is 36.4 Å². The van der Waals surface area contributed by atoms with Crippen LogP contribution in [0.1, 0.15) is 37.9 Å². The summed E-state index contributed by atoms with van der Waals surface area (Å²) >= 11 is 0. The van der Waals surface area contributed by atoms with Crippen molar-refractivity contribution in [3.05, 3.63) is 29.8 Å². The molecule has 0 atom stereocenters. The van der Waals surface area contributed by atoms with E-state index in [0.29, 0.717) is 17.1 Å². The molecule has 0 saturated carbocycles. The van der Waals surface area contributed by atoms with Gasteiger partial charge in [0.2, 0.25) is 5.91 Å². The highest BCUT2D eigenvalue weighted by Crippen LogP contribution is 2.28. The number of rotatable bonds is 3. The van der Waals surface area contributed by atoms with Crippen molar-refractivity contribution < 1.29 is 9.18 Å². The van der Waals surface area contributed by atoms with Crippen LogP contribution in [0.3, 0.4) is 0 Å². The Morgan fingerprint density at radius 1 is 1.14 bits per heavy atom. The molecule has 1 amide bonds. The fourth-order valence-electron chi connectivity index (χ4n) is 3.79. The molecule has 2 aliphatic rings. The number of fused-ring (bicyclic) bond motifs is 1. The number of halogens is 3. The van der Waals surface area contributed by atoms with Gasteiger partial charge in [-0.05, 0) is 57.0 Å². The summed E-state index contributed by atoms with van der Waals surface area (Å²) in [5.74, 6) is 1.14. The van der Waals surface area contributed by atoms with E-state index in [4.69, 9.17) is 0 Å². The van der Waals surface area contributed by atoms with E-state index in [1.54, 1.807) is 12.1 Å². The van der Waals surface area contributed by atoms with Crippen LogP contribution in [-0.2, 0) is 17.8 Å². The van der Waals surface area contributed by atoms with Gasteiger partial charge in [0.1, 0.15) is 11.6 Å². The number of aryl methyl sites for hydroxylation is 1. The Bertz CT molecular complexity index is 808. The van der Waals surface area contributed by atoms with Gasteiger partial charge in [-0.25, -0.2) is 4.39 Å². The van der Waals surface area contributed by atoms with Crippen molar-refractivity contribution in [2.75, 3.05) is 18.4 Å². The Morgan fingerprint density at radius 2 is 1.93 bits per heavy atom. The summed E-state index contributed by atoms with van der Waals surface area (Å²) in [4.78, 5) is 12.5. The zero-order valence-corrected chi connectivity index (χ0v) is 17.3. The number of amides is 1. The van der Waals surface area contributed by atoms with Crippen molar-refractivity contribution in [1.82, 2.24) is 20.1 Å². The summed E-state index contributed by atoms with van der Waals surface area (Å²) in [6, 6.07) is 4.68. The molecule has 6 nitrogen and oxygen atoms in total. The molecule has 2 aliphatic heterocycles. The number of hydrogen-bond acceptors (Lipinski definition) is 4. The van der Waals surface area contributed by atoms with Crippen LogP contribution >= 0.6 is 24.8 Å². The van der Waals surface area contributed by atoms with Crippen LogP contribution in [0.5, 0.6) is 0 Å². The molecule has 0 radical (unpaired) electrons. The molecule has 3 heterocycles. The normalized spacial score (nSPS) is 16.9. The molecule has 9 heteroatoms. The molecule has 28 heavy (non-hydrogen) atoms. The Kier molecular flexibility index (Phi) is 8.22. The van der Waals surface area contributed by atoms with Crippen LogP contribution < -0.4 is 10.6 Å². The first-order chi connectivity index (χ1) is 12.7. The number of nitrogens with zero attached hydrogens (tertiary/aromatic N) is 3. The molecular formula is C19H26Cl2FN5O. The van der Waals surface area contributed by atoms with Crippen LogP contribution in [0, 0.1) is 11.7 Å². The summed E-state index contributed by atoms with van der Waals surface area (Å²) in [5, 5.41) is 14.7. The van der Waals surface area contributed by atoms with Crippen LogP contribution in [0.25, 0.3) is 11.4 Å². The zero-order chi connectivity index (χ0) is 17.9. The Morgan fingerprint density at radius 3 is 2.71 bits per heavy atom. The van der Waals surface area contributed by atoms with Gasteiger partial charge in [-0.3, -0.25) is 4.79 Å². The van der Waals surface area contributed by atoms with Gasteiger partial charge in [0.05, 0.1) is 5.56 Å². The summed E-state index contributed by atoms with van der Waals surface area (Å²) in [6.45, 7) is 2.53. The van der Waals surface area contributed by atoms with Gasteiger partial charge in [-0.15, -0.1) is 35.0 Å². The SMILES string of the molecule is Cl.Cl.O=C(Nc1ccc(F)c(-c2nnc3n2CCCCC3)c1)C1CCNCC1. The smallest absolute Gasteiger partial charge is 0.227 e. The first-order valence-electron chi connectivity index (χ1n) is 9.46. The van der Waals surface area contributed by atoms with Crippen LogP contribution in [0.15, 0.2) is 18.2 Å². The average molecular weight is 430 g/mol. The van der Waals surface area contributed by atoms with E-state index in [-0.39, 0.29) is 42.5 Å². The Hall–Kier alpha value is -1.70. The Labute approximate surface area is 176 Å². The summed E-state index contributed by atoms with van der Waals surface area (Å²) < 4.78 is 16.5. The number of benzene rings is 1. The van der Waals surface area contributed by atoms with Crippen molar-refractivity contribution in [3.8, 4) is 11.4 Å². The zero-order valence-electron chi connectivity index (χ0n) is 15.6. The predicted molar refractivity (Wildman–Crippen MR) is 112 cm³/mol. The number of anilines is 1. The van der Waals surface area contributed by atoms with Crippen molar-refractivity contribution in [2.45, 2.75) is 45.1 Å². The molecule has 0 spiro atoms. The maximum atomic E-state index is 14.5. The molecule has 1 aromatic carbocycles. The van der Waals surface area contributed by atoms with Crippen LogP contribution in [0.4, 0.5) is 10.1 Å². The lowest BCUT2D eigenvalue weighted by Gasteiger charge is -2.22. The molecule has 1 aromatic heterocycles. The lowest BCUT2D eigenvalue weighted by atomic mass is 9.97. The van der Waals surface area contributed by atoms with Gasteiger partial charge in [-0.2, -0.15) is 0 Å². The quantitative estimate of drug-likeness (QED) is 0.781. The highest BCUT2D eigenvalue weighted by molar-refractivity contribution is 5.93. The summed E-state index contributed by atoms with van der Waals surface area (Å²) in [7, 11) is 0. The van der Waals surface area contributed by atoms with Gasteiger partial charge in [0, 0.05) is 24.6 Å². The lowest BCUT2D eigenvalue weighted by Crippen LogP contribution is -2.34. The highest BCUT2D eigenvalue weighted by atomic mass is 35.5. The molecule has 0 unspecified atom stereocenters. The van der Waals surface area contributed by atoms with Crippen molar-refractivity contribution in [2.24, 2.45) is 5.92 Å². The third-order valence-corrected chi connectivity index (χ3v) is 5.29. The topological polar surface area (TPSA) is 71.8 Å². The maximum Gasteiger partial charge on any atom is 0.227 e. The maximum absolute atomic E-state index is 14.5. The van der Waals surface area contributed by atoms with E-state index in [9.17, 15) is 9.18 Å². The Balaban J connectivity index is 0.00000140. The number of nitrogens with one attached hydrogen (secondary N) is 2. The molecule has 2 N–H and O–H groups in total. The number of carbonyl (C=O) groups is 1. The third-order valence-electron chi connectivity index (χ3n) is 5.29. The minimum absolute atomic E-state index is 0. The molecule has 0 aliphatic carbocycles. The summed E-state index contributed by atoms with van der Waals surface area (Å²) in [5.41, 5.74) is 1.00. The van der Waals surface area contributed by atoms with Gasteiger partial charge < -0.3 is 15.2 Å². The van der Waals surface area contributed by atoms with Crippen LogP contribution in [-0.4, -0.2) is 33.8 Å². The average Bonchev–Trinajstić information content (AvgIpc) is 2.92. The van der Waals surface area contributed by atoms with Gasteiger partial charge in [0.25, 0.3) is 0 Å². The number of hydrogen-bond donors (Lipinski definition) is 2. The van der Waals surface area contributed by atoms with E-state index < -0.39 is 0 Å². The lowest BCUT2D eigenvalue weighted by molar-refractivity contribution is -0.120. The minimum Gasteiger partial charge on any atom is -0.326 e. The second-order valence-corrected chi connectivity index (χ2v) is 7.11. The van der Waals surface area contributed by atoms with Gasteiger partial charge in [0.15, 0.2) is 5.82 Å². The molecule has 154 valence electrons. The molecule has 0 bridgehead atoms. The molecular weight excluding hydrogens is 404 g/mol. The highest BCUT2D eigenvalue weighted by Gasteiger charge is 2.22. The van der Waals surface area contributed by atoms with E-state index in [1.807, 2.05) is 4.57 Å². The van der Waals surface area contributed by atoms with Gasteiger partial charge in [-0.1, -0.05) is 6.42 Å². The van der Waals surface area contributed by atoms with Crippen molar-refractivity contribution in [1.29, 1.82) is 0 Å². The summed E-state index contributed by atoms with van der Waals surface area (Å²) in [6.07, 6.45) is 5.83. The van der Waals surface area contributed by atoms with E-state index >= 15 is 0 Å². The van der Waals surface area contributed by atoms with E-state index in [2.05, 4.69) is 20.8 Å². The number of piperidine rings is 1. The first kappa shape index (κ1) is 22.6. The minimum atomic E-state index is -0.343. The molecule has 1 fully saturated rings. The van der Waals surface area contributed by atoms with E-state index in [1.165, 1.54) is 6.07 Å². The van der Waals surface area contributed by atoms with E-state index in [0.717, 1.165) is 64.0 Å². The standard InChI is InChI=1S/C19H24FN5O.2ClH/c20-16-6-5-14(22-19(26)13-7-9-21-10-8-13)12-15(16)18-24-23-17-4-2-1-3-11-25(17)18;;/h5-6,12-13,21H,1-4,7-11H2,(H,22,26);2*1H. The van der Waals surface area contributed by atoms with Crippen LogP contribution in [0.2, 0.25) is 0 Å². The number of aromatic nitrogens is 3. The fraction of sp³-hybridized carbons (Fsp3) is 0.526. The molecule has 1 saturated heterocycles. The second kappa shape index (κ2) is 10.2.